The maximum atomic E-state index is 14.1. The van der Waals surface area contributed by atoms with E-state index >= 15 is 0 Å². The van der Waals surface area contributed by atoms with Crippen LogP contribution in [-0.4, -0.2) is 55.8 Å². The van der Waals surface area contributed by atoms with Crippen molar-refractivity contribution in [2.45, 2.75) is 68.8 Å². The van der Waals surface area contributed by atoms with E-state index in [1.807, 2.05) is 4.57 Å². The number of hydrogen-bond acceptors (Lipinski definition) is 11. The molecule has 0 aliphatic heterocycles. The molecule has 0 saturated heterocycles. The summed E-state index contributed by atoms with van der Waals surface area (Å²) in [4.78, 5) is 41.7. The standard InChI is InChI=1S/C29H32N8O4S/c1-3-42(39,40)20-9-8-19(30-13-20)12-31-26-29(38)37(22-11-16-4-5-18(22)10-16)27-21(35-26)14-32-25(36-27)23-24(17-6-7-17)33-15-34-28(23)41-2/h8-9,13-18,22H,3-7,10-12H2,1-2H3,(H,31,35)/t16-,18+,22-/m1/s1. The fourth-order valence-corrected chi connectivity index (χ4v) is 7.35. The molecule has 13 heteroatoms. The molecule has 4 aromatic heterocycles. The van der Waals surface area contributed by atoms with Gasteiger partial charge in [-0.05, 0) is 56.1 Å². The lowest BCUT2D eigenvalue weighted by Crippen LogP contribution is -2.32. The maximum Gasteiger partial charge on any atom is 0.295 e. The molecular formula is C29H32N8O4S. The van der Waals surface area contributed by atoms with Gasteiger partial charge < -0.3 is 10.1 Å². The predicted octanol–water partition coefficient (Wildman–Crippen LogP) is 3.69. The Kier molecular flexibility index (Phi) is 6.63. The van der Waals surface area contributed by atoms with Gasteiger partial charge in [0.05, 0.1) is 41.9 Å². The molecule has 3 aliphatic carbocycles. The van der Waals surface area contributed by atoms with Gasteiger partial charge in [0, 0.05) is 18.2 Å². The molecule has 3 saturated carbocycles. The van der Waals surface area contributed by atoms with Gasteiger partial charge in [-0.15, -0.1) is 0 Å². The topological polar surface area (TPSA) is 155 Å². The van der Waals surface area contributed by atoms with Crippen LogP contribution in [0, 0.1) is 11.8 Å². The van der Waals surface area contributed by atoms with Gasteiger partial charge in [0.15, 0.2) is 27.1 Å². The van der Waals surface area contributed by atoms with Crippen LogP contribution < -0.4 is 15.6 Å². The Morgan fingerprint density at radius 3 is 2.55 bits per heavy atom. The minimum absolute atomic E-state index is 0.00556. The fourth-order valence-electron chi connectivity index (χ4n) is 6.53. The third kappa shape index (κ3) is 4.69. The van der Waals surface area contributed by atoms with Gasteiger partial charge >= 0.3 is 0 Å². The number of sulfone groups is 1. The molecule has 7 rings (SSSR count). The molecule has 2 bridgehead atoms. The van der Waals surface area contributed by atoms with Crippen molar-refractivity contribution < 1.29 is 13.2 Å². The molecule has 3 fully saturated rings. The highest BCUT2D eigenvalue weighted by atomic mass is 32.2. The first kappa shape index (κ1) is 26.9. The molecule has 0 unspecified atom stereocenters. The average molecular weight is 589 g/mol. The zero-order chi connectivity index (χ0) is 29.0. The highest BCUT2D eigenvalue weighted by Crippen LogP contribution is 2.51. The first-order valence-electron chi connectivity index (χ1n) is 14.5. The second-order valence-corrected chi connectivity index (χ2v) is 13.7. The van der Waals surface area contributed by atoms with E-state index < -0.39 is 9.84 Å². The molecule has 0 aromatic carbocycles. The van der Waals surface area contributed by atoms with Crippen LogP contribution in [0.3, 0.4) is 0 Å². The number of ether oxygens (including phenoxy) is 1. The monoisotopic (exact) mass is 588 g/mol. The molecule has 4 heterocycles. The van der Waals surface area contributed by atoms with Crippen molar-refractivity contribution in [2.24, 2.45) is 11.8 Å². The minimum atomic E-state index is -3.34. The van der Waals surface area contributed by atoms with Crippen molar-refractivity contribution >= 4 is 26.8 Å². The summed E-state index contributed by atoms with van der Waals surface area (Å²) in [5.41, 5.74) is 2.88. The SMILES string of the molecule is CCS(=O)(=O)c1ccc(CNc2nc3cnc(-c4c(OC)ncnc4C4CC4)nc3n([C@@H]3C[C@@H]4CC[C@H]3C4)c2=O)nc1. The first-order chi connectivity index (χ1) is 20.4. The van der Waals surface area contributed by atoms with Crippen LogP contribution in [0.4, 0.5) is 5.82 Å². The van der Waals surface area contributed by atoms with Crippen molar-refractivity contribution in [1.82, 2.24) is 34.5 Å². The first-order valence-corrected chi connectivity index (χ1v) is 16.1. The Hall–Kier alpha value is -4.00. The quantitative estimate of drug-likeness (QED) is 0.304. The van der Waals surface area contributed by atoms with Crippen LogP contribution in [0.5, 0.6) is 5.88 Å². The molecular weight excluding hydrogens is 556 g/mol. The molecule has 4 aromatic rings. The van der Waals surface area contributed by atoms with Crippen LogP contribution in [0.1, 0.15) is 68.8 Å². The second kappa shape index (κ2) is 10.4. The number of hydrogen-bond donors (Lipinski definition) is 1. The number of pyridine rings is 1. The van der Waals surface area contributed by atoms with Crippen LogP contribution in [0.25, 0.3) is 22.6 Å². The predicted molar refractivity (Wildman–Crippen MR) is 155 cm³/mol. The van der Waals surface area contributed by atoms with E-state index in [1.165, 1.54) is 25.0 Å². The Morgan fingerprint density at radius 2 is 1.88 bits per heavy atom. The lowest BCUT2D eigenvalue weighted by Gasteiger charge is -2.25. The fraction of sp³-hybridized carbons (Fsp3) is 0.483. The number of methoxy groups -OCH3 is 1. The van der Waals surface area contributed by atoms with Crippen LogP contribution >= 0.6 is 0 Å². The number of aromatic nitrogens is 7. The lowest BCUT2D eigenvalue weighted by atomic mass is 9.95. The summed E-state index contributed by atoms with van der Waals surface area (Å²) in [6, 6.07) is 3.21. The summed E-state index contributed by atoms with van der Waals surface area (Å²) >= 11 is 0. The molecule has 1 N–H and O–H groups in total. The van der Waals surface area contributed by atoms with Crippen molar-refractivity contribution in [3.63, 3.8) is 0 Å². The lowest BCUT2D eigenvalue weighted by molar-refractivity contribution is 0.329. The Balaban J connectivity index is 1.30. The maximum absolute atomic E-state index is 14.1. The zero-order valence-corrected chi connectivity index (χ0v) is 24.3. The van der Waals surface area contributed by atoms with Crippen LogP contribution in [0.15, 0.2) is 40.5 Å². The van der Waals surface area contributed by atoms with Crippen molar-refractivity contribution in [3.8, 4) is 17.3 Å². The van der Waals surface area contributed by atoms with E-state index in [-0.39, 0.29) is 34.6 Å². The number of fused-ring (bicyclic) bond motifs is 3. The summed E-state index contributed by atoms with van der Waals surface area (Å²) in [6.45, 7) is 1.80. The molecule has 12 nitrogen and oxygen atoms in total. The molecule has 3 aliphatic rings. The molecule has 0 radical (unpaired) electrons. The van der Waals surface area contributed by atoms with Gasteiger partial charge in [0.1, 0.15) is 17.4 Å². The number of anilines is 1. The van der Waals surface area contributed by atoms with Gasteiger partial charge in [0.25, 0.3) is 5.56 Å². The van der Waals surface area contributed by atoms with Crippen molar-refractivity contribution in [2.75, 3.05) is 18.2 Å². The van der Waals surface area contributed by atoms with Gasteiger partial charge in [-0.2, -0.15) is 0 Å². The Bertz CT molecular complexity index is 1840. The molecule has 218 valence electrons. The van der Waals surface area contributed by atoms with E-state index in [0.717, 1.165) is 37.8 Å². The smallest absolute Gasteiger partial charge is 0.295 e. The second-order valence-electron chi connectivity index (χ2n) is 11.4. The van der Waals surface area contributed by atoms with E-state index in [4.69, 9.17) is 9.72 Å². The van der Waals surface area contributed by atoms with E-state index in [9.17, 15) is 13.2 Å². The summed E-state index contributed by atoms with van der Waals surface area (Å²) in [5.74, 6) is 2.37. The minimum Gasteiger partial charge on any atom is -0.480 e. The largest absolute Gasteiger partial charge is 0.480 e. The molecule has 3 atom stereocenters. The number of nitrogens with zero attached hydrogens (tertiary/aromatic N) is 7. The average Bonchev–Trinajstić information content (AvgIpc) is 3.65. The number of rotatable bonds is 9. The third-order valence-electron chi connectivity index (χ3n) is 8.86. The molecule has 42 heavy (non-hydrogen) atoms. The van der Waals surface area contributed by atoms with Gasteiger partial charge in [-0.1, -0.05) is 13.3 Å². The van der Waals surface area contributed by atoms with E-state index in [2.05, 4.69) is 30.2 Å². The highest BCUT2D eigenvalue weighted by Gasteiger charge is 2.42. The molecule has 0 spiro atoms. The van der Waals surface area contributed by atoms with Crippen molar-refractivity contribution in [3.05, 3.63) is 52.6 Å². The van der Waals surface area contributed by atoms with E-state index in [0.29, 0.717) is 51.9 Å². The zero-order valence-electron chi connectivity index (χ0n) is 23.5. The van der Waals surface area contributed by atoms with E-state index in [1.54, 1.807) is 26.3 Å². The Labute approximate surface area is 243 Å². The molecule has 0 amide bonds. The van der Waals surface area contributed by atoms with Gasteiger partial charge in [-0.25, -0.2) is 33.3 Å². The van der Waals surface area contributed by atoms with Crippen LogP contribution in [0.2, 0.25) is 0 Å². The third-order valence-corrected chi connectivity index (χ3v) is 10.6. The normalized spacial score (nSPS) is 21.6. The highest BCUT2D eigenvalue weighted by molar-refractivity contribution is 7.91. The van der Waals surface area contributed by atoms with Gasteiger partial charge in [0.2, 0.25) is 5.88 Å². The summed E-state index contributed by atoms with van der Waals surface area (Å²) in [7, 11) is -1.77. The Morgan fingerprint density at radius 1 is 1.02 bits per heavy atom. The summed E-state index contributed by atoms with van der Waals surface area (Å²) in [6.07, 6.45) is 10.9. The van der Waals surface area contributed by atoms with Crippen molar-refractivity contribution in [1.29, 1.82) is 0 Å². The van der Waals surface area contributed by atoms with Crippen LogP contribution in [-0.2, 0) is 16.4 Å². The summed E-state index contributed by atoms with van der Waals surface area (Å²) in [5, 5.41) is 3.15. The summed E-state index contributed by atoms with van der Waals surface area (Å²) < 4.78 is 31.7. The number of nitrogens with one attached hydrogen (secondary N) is 1. The van der Waals surface area contributed by atoms with Gasteiger partial charge in [-0.3, -0.25) is 14.3 Å².